The zero-order valence-corrected chi connectivity index (χ0v) is 16.8. The molecule has 3 aromatic rings. The lowest BCUT2D eigenvalue weighted by atomic mass is 10.2. The van der Waals surface area contributed by atoms with Crippen molar-refractivity contribution in [3.63, 3.8) is 0 Å². The largest absolute Gasteiger partial charge is 0.452 e. The maximum absolute atomic E-state index is 12.3. The summed E-state index contributed by atoms with van der Waals surface area (Å²) in [6.45, 7) is 3.57. The molecule has 1 N–H and O–H groups in total. The van der Waals surface area contributed by atoms with E-state index in [2.05, 4.69) is 5.32 Å². The van der Waals surface area contributed by atoms with Crippen LogP contribution in [0.4, 0.5) is 5.69 Å². The number of carbonyl (C=O) groups excluding carboxylic acids is 2. The molecule has 0 saturated heterocycles. The lowest BCUT2D eigenvalue weighted by Gasteiger charge is -2.11. The van der Waals surface area contributed by atoms with E-state index in [1.165, 1.54) is 6.07 Å². The molecule has 0 fully saturated rings. The topological polar surface area (TPSA) is 60.3 Å². The highest BCUT2D eigenvalue weighted by Gasteiger charge is 2.13. The summed E-state index contributed by atoms with van der Waals surface area (Å²) in [5.41, 5.74) is 3.81. The number of rotatable bonds is 5. The zero-order chi connectivity index (χ0) is 20.3. The maximum atomic E-state index is 12.3. The Morgan fingerprint density at radius 2 is 1.68 bits per heavy atom. The van der Waals surface area contributed by atoms with Crippen molar-refractivity contribution in [1.29, 1.82) is 0 Å². The van der Waals surface area contributed by atoms with E-state index in [4.69, 9.17) is 27.9 Å². The Balaban J connectivity index is 1.64. The van der Waals surface area contributed by atoms with Crippen molar-refractivity contribution >= 4 is 40.8 Å². The number of nitrogens with one attached hydrogen (secondary N) is 1. The molecule has 144 valence electrons. The van der Waals surface area contributed by atoms with Gasteiger partial charge in [-0.3, -0.25) is 4.79 Å². The fraction of sp³-hybridized carbons (Fsp3) is 0.143. The van der Waals surface area contributed by atoms with E-state index in [0.29, 0.717) is 21.3 Å². The summed E-state index contributed by atoms with van der Waals surface area (Å²) in [5, 5.41) is 3.31. The van der Waals surface area contributed by atoms with Gasteiger partial charge >= 0.3 is 5.97 Å². The quantitative estimate of drug-likeness (QED) is 0.581. The molecule has 28 heavy (non-hydrogen) atoms. The Bertz CT molecular complexity index is 1020. The van der Waals surface area contributed by atoms with Crippen molar-refractivity contribution in [2.45, 2.75) is 13.8 Å². The zero-order valence-electron chi connectivity index (χ0n) is 15.3. The average Bonchev–Trinajstić information content (AvgIpc) is 3.01. The molecule has 0 aliphatic rings. The first-order valence-electron chi connectivity index (χ1n) is 8.52. The molecular formula is C21H18Cl2N2O3. The fourth-order valence-electron chi connectivity index (χ4n) is 2.83. The molecule has 0 atom stereocenters. The van der Waals surface area contributed by atoms with Crippen molar-refractivity contribution in [3.8, 4) is 5.69 Å². The second-order valence-corrected chi connectivity index (χ2v) is 7.07. The van der Waals surface area contributed by atoms with Gasteiger partial charge in [0.2, 0.25) is 0 Å². The second kappa shape index (κ2) is 8.50. The van der Waals surface area contributed by atoms with E-state index in [-0.39, 0.29) is 0 Å². The van der Waals surface area contributed by atoms with Gasteiger partial charge in [0.1, 0.15) is 0 Å². The minimum absolute atomic E-state index is 0.323. The highest BCUT2D eigenvalue weighted by atomic mass is 35.5. The molecule has 0 bridgehead atoms. The predicted octanol–water partition coefficient (Wildman–Crippen LogP) is 5.20. The number of benzene rings is 2. The van der Waals surface area contributed by atoms with Crippen LogP contribution in [0.5, 0.6) is 0 Å². The summed E-state index contributed by atoms with van der Waals surface area (Å²) in [5.74, 6) is -1.05. The molecule has 7 heteroatoms. The highest BCUT2D eigenvalue weighted by Crippen LogP contribution is 2.25. The van der Waals surface area contributed by atoms with Crippen LogP contribution in [0.1, 0.15) is 21.7 Å². The van der Waals surface area contributed by atoms with Crippen LogP contribution in [0.2, 0.25) is 10.0 Å². The third kappa shape index (κ3) is 4.55. The van der Waals surface area contributed by atoms with Crippen LogP contribution < -0.4 is 5.32 Å². The lowest BCUT2D eigenvalue weighted by molar-refractivity contribution is -0.119. The van der Waals surface area contributed by atoms with E-state index in [0.717, 1.165) is 17.1 Å². The molecule has 0 saturated carbocycles. The minimum atomic E-state index is -0.575. The monoisotopic (exact) mass is 416 g/mol. The summed E-state index contributed by atoms with van der Waals surface area (Å²) >= 11 is 11.8. The molecule has 0 radical (unpaired) electrons. The molecule has 3 rings (SSSR count). The van der Waals surface area contributed by atoms with Gasteiger partial charge in [-0.25, -0.2) is 4.79 Å². The standard InChI is InChI=1S/C21H18Cl2N2O3/c1-13-6-7-14(2)25(13)17-5-3-4-15(10-17)21(27)28-12-20(26)24-16-8-9-18(22)19(23)11-16/h3-11H,12H2,1-2H3,(H,24,26). The average molecular weight is 417 g/mol. The van der Waals surface area contributed by atoms with Gasteiger partial charge in [0.05, 0.1) is 15.6 Å². The number of amides is 1. The van der Waals surface area contributed by atoms with Crippen molar-refractivity contribution in [2.75, 3.05) is 11.9 Å². The Hall–Kier alpha value is -2.76. The van der Waals surface area contributed by atoms with Crippen LogP contribution in [0, 0.1) is 13.8 Å². The molecular weight excluding hydrogens is 399 g/mol. The smallest absolute Gasteiger partial charge is 0.338 e. The first-order valence-corrected chi connectivity index (χ1v) is 9.28. The van der Waals surface area contributed by atoms with Crippen molar-refractivity contribution in [3.05, 3.63) is 81.6 Å². The van der Waals surface area contributed by atoms with Gasteiger partial charge in [0, 0.05) is 22.8 Å². The number of esters is 1. The highest BCUT2D eigenvalue weighted by molar-refractivity contribution is 6.42. The summed E-state index contributed by atoms with van der Waals surface area (Å²) in [6.07, 6.45) is 0. The Morgan fingerprint density at radius 1 is 0.964 bits per heavy atom. The second-order valence-electron chi connectivity index (χ2n) is 6.26. The number of nitrogens with zero attached hydrogens (tertiary/aromatic N) is 1. The number of aryl methyl sites for hydroxylation is 2. The Labute approximate surface area is 172 Å². The summed E-state index contributed by atoms with van der Waals surface area (Å²) in [6, 6.07) is 15.8. The lowest BCUT2D eigenvalue weighted by Crippen LogP contribution is -2.21. The van der Waals surface area contributed by atoms with E-state index >= 15 is 0 Å². The number of halogens is 2. The Morgan fingerprint density at radius 3 is 2.36 bits per heavy atom. The number of ether oxygens (including phenoxy) is 1. The first-order chi connectivity index (χ1) is 13.3. The number of hydrogen-bond donors (Lipinski definition) is 1. The SMILES string of the molecule is Cc1ccc(C)n1-c1cccc(C(=O)OCC(=O)Nc2ccc(Cl)c(Cl)c2)c1. The van der Waals surface area contributed by atoms with Crippen molar-refractivity contribution < 1.29 is 14.3 Å². The number of carbonyl (C=O) groups is 2. The van der Waals surface area contributed by atoms with Gasteiger partial charge in [-0.2, -0.15) is 0 Å². The summed E-state index contributed by atoms with van der Waals surface area (Å²) < 4.78 is 7.17. The fourth-order valence-corrected chi connectivity index (χ4v) is 3.13. The molecule has 1 aromatic heterocycles. The molecule has 0 unspecified atom stereocenters. The van der Waals surface area contributed by atoms with Gasteiger partial charge in [-0.15, -0.1) is 0 Å². The van der Waals surface area contributed by atoms with E-state index in [1.807, 2.05) is 36.6 Å². The maximum Gasteiger partial charge on any atom is 0.338 e. The number of anilines is 1. The van der Waals surface area contributed by atoms with Crippen LogP contribution in [0.25, 0.3) is 5.69 Å². The summed E-state index contributed by atoms with van der Waals surface area (Å²) in [4.78, 5) is 24.4. The van der Waals surface area contributed by atoms with E-state index < -0.39 is 18.5 Å². The van der Waals surface area contributed by atoms with E-state index in [1.54, 1.807) is 30.3 Å². The number of aromatic nitrogens is 1. The van der Waals surface area contributed by atoms with Crippen LogP contribution in [0.15, 0.2) is 54.6 Å². The van der Waals surface area contributed by atoms with Gasteiger partial charge in [-0.05, 0) is 62.4 Å². The molecule has 5 nitrogen and oxygen atoms in total. The van der Waals surface area contributed by atoms with Crippen LogP contribution in [-0.2, 0) is 9.53 Å². The van der Waals surface area contributed by atoms with Gasteiger partial charge in [-0.1, -0.05) is 29.3 Å². The van der Waals surface area contributed by atoms with Gasteiger partial charge in [0.15, 0.2) is 6.61 Å². The molecule has 1 amide bonds. The Kier molecular flexibility index (Phi) is 6.07. The third-order valence-electron chi connectivity index (χ3n) is 4.15. The molecule has 0 aliphatic heterocycles. The van der Waals surface area contributed by atoms with Crippen LogP contribution >= 0.6 is 23.2 Å². The van der Waals surface area contributed by atoms with E-state index in [9.17, 15) is 9.59 Å². The number of hydrogen-bond acceptors (Lipinski definition) is 3. The minimum Gasteiger partial charge on any atom is -0.452 e. The predicted molar refractivity (Wildman–Crippen MR) is 111 cm³/mol. The molecule has 0 spiro atoms. The third-order valence-corrected chi connectivity index (χ3v) is 4.89. The van der Waals surface area contributed by atoms with Crippen LogP contribution in [0.3, 0.4) is 0 Å². The molecule has 1 heterocycles. The summed E-state index contributed by atoms with van der Waals surface area (Å²) in [7, 11) is 0. The van der Waals surface area contributed by atoms with Gasteiger partial charge in [0.25, 0.3) is 5.91 Å². The van der Waals surface area contributed by atoms with Crippen LogP contribution in [-0.4, -0.2) is 23.1 Å². The van der Waals surface area contributed by atoms with Crippen molar-refractivity contribution in [2.24, 2.45) is 0 Å². The first kappa shape index (κ1) is 20.0. The van der Waals surface area contributed by atoms with Crippen molar-refractivity contribution in [1.82, 2.24) is 4.57 Å². The normalized spacial score (nSPS) is 10.6. The van der Waals surface area contributed by atoms with Gasteiger partial charge < -0.3 is 14.6 Å². The molecule has 0 aliphatic carbocycles. The molecule has 2 aromatic carbocycles.